The Kier molecular flexibility index (Phi) is 14.8. The molecule has 38 nitrogen and oxygen atoms in total. The maximum Gasteiger partial charge on any atom is 0.490 e. The summed E-state index contributed by atoms with van der Waals surface area (Å²) in [7, 11) is -21.1. The highest BCUT2D eigenvalue weighted by Crippen LogP contribution is 2.68. The predicted octanol–water partition coefficient (Wildman–Crippen LogP) is -3.34. The molecule has 16 atom stereocenters. The van der Waals surface area contributed by atoms with Gasteiger partial charge in [0.25, 0.3) is 16.7 Å². The van der Waals surface area contributed by atoms with Crippen LogP contribution in [0.3, 0.4) is 0 Å². The van der Waals surface area contributed by atoms with Crippen LogP contribution in [0.5, 0.6) is 0 Å². The molecule has 43 heteroatoms. The summed E-state index contributed by atoms with van der Waals surface area (Å²) in [4.78, 5) is 95.7. The molecule has 3 fully saturated rings. The van der Waals surface area contributed by atoms with Gasteiger partial charge in [0.1, 0.15) is 60.7 Å². The predicted molar refractivity (Wildman–Crippen MR) is 242 cm³/mol. The molecular weight excluding hydrogens is 1120 g/mol. The number of aryl methyl sites for hydroxylation is 1. The maximum atomic E-state index is 16.1. The van der Waals surface area contributed by atoms with Gasteiger partial charge in [-0.05, 0) is 6.92 Å². The molecule has 15 N–H and O–H groups in total. The third kappa shape index (κ3) is 10.7. The lowest BCUT2D eigenvalue weighted by molar-refractivity contribution is -0.646. The first-order valence-corrected chi connectivity index (χ1v) is 27.5. The quantitative estimate of drug-likeness (QED) is 0.0279. The number of hydrogen-bond donors (Lipinski definition) is 12. The number of fused-ring (bicyclic) bond motifs is 3. The monoisotopic (exact) mass is 1160 g/mol. The number of nitrogens with two attached hydrogens (primary N) is 3. The SMILES string of the molecule is COC1C(OP(=O)(O)OCC2OC(n3cnc4c(=O)[nH]c(N)nc43)C(O)C2O)C(COP(=O)(O)OP(=O)(O)OP(=O)(O)OCC2OC(n3c[n+](C)c4c(=O)[nH]c(N)nc43)C(C)(F)C2O)OC1n1cnc2c(N)ncnc21. The van der Waals surface area contributed by atoms with E-state index in [0.29, 0.717) is 0 Å². The number of aromatic nitrogens is 12. The zero-order valence-electron chi connectivity index (χ0n) is 38.8. The van der Waals surface area contributed by atoms with E-state index >= 15 is 4.39 Å². The molecular formula is C33H45FN15O23P4+. The lowest BCUT2D eigenvalue weighted by atomic mass is 9.98. The van der Waals surface area contributed by atoms with Crippen LogP contribution in [-0.4, -0.2) is 170 Å². The van der Waals surface area contributed by atoms with E-state index in [4.69, 9.17) is 49.7 Å². The normalized spacial score (nSPS) is 31.2. The molecule has 0 aliphatic carbocycles. The van der Waals surface area contributed by atoms with Crippen molar-refractivity contribution in [3.8, 4) is 0 Å². The Labute approximate surface area is 420 Å². The van der Waals surface area contributed by atoms with E-state index in [1.807, 2.05) is 0 Å². The van der Waals surface area contributed by atoms with Crippen LogP contribution in [0.25, 0.3) is 33.5 Å². The third-order valence-electron chi connectivity index (χ3n) is 11.9. The van der Waals surface area contributed by atoms with Gasteiger partial charge in [-0.3, -0.25) is 46.8 Å². The smallest absolute Gasteiger partial charge is 0.387 e. The van der Waals surface area contributed by atoms with Crippen molar-refractivity contribution in [2.75, 3.05) is 44.1 Å². The molecule has 0 aromatic carbocycles. The minimum atomic E-state index is -6.24. The van der Waals surface area contributed by atoms with Gasteiger partial charge >= 0.3 is 36.9 Å². The zero-order valence-corrected chi connectivity index (χ0v) is 42.4. The third-order valence-corrected chi connectivity index (χ3v) is 17.2. The number of hydrogen-bond acceptors (Lipinski definition) is 28. The van der Waals surface area contributed by atoms with Crippen LogP contribution in [0.15, 0.2) is 34.9 Å². The first kappa shape index (κ1) is 55.6. The lowest BCUT2D eigenvalue weighted by Gasteiger charge is -2.26. The summed E-state index contributed by atoms with van der Waals surface area (Å²) < 4.78 is 125. The van der Waals surface area contributed by atoms with Gasteiger partial charge in [0.2, 0.25) is 30.1 Å². The molecule has 3 aliphatic heterocycles. The highest BCUT2D eigenvalue weighted by molar-refractivity contribution is 7.66. The summed E-state index contributed by atoms with van der Waals surface area (Å²) in [5.74, 6) is -0.770. The number of nitrogen functional groups attached to an aromatic ring is 3. The van der Waals surface area contributed by atoms with Crippen LogP contribution in [0.1, 0.15) is 25.6 Å². The van der Waals surface area contributed by atoms with Crippen molar-refractivity contribution in [1.29, 1.82) is 0 Å². The Morgan fingerprint density at radius 2 is 1.28 bits per heavy atom. The number of H-pyrrole nitrogens is 2. The molecule has 6 aromatic rings. The van der Waals surface area contributed by atoms with Gasteiger partial charge in [-0.15, -0.1) is 0 Å². The van der Waals surface area contributed by atoms with Crippen molar-refractivity contribution >= 4 is 82.5 Å². The van der Waals surface area contributed by atoms with Crippen molar-refractivity contribution in [3.05, 3.63) is 46.0 Å². The maximum absolute atomic E-state index is 16.1. The molecule has 16 unspecified atom stereocenters. The minimum absolute atomic E-state index is 0.000857. The number of halogens is 1. The van der Waals surface area contributed by atoms with Crippen LogP contribution in [0.4, 0.5) is 22.1 Å². The number of aliphatic hydroxyl groups excluding tert-OH is 3. The van der Waals surface area contributed by atoms with Gasteiger partial charge in [0, 0.05) is 7.11 Å². The molecule has 3 saturated heterocycles. The van der Waals surface area contributed by atoms with E-state index in [2.05, 4.69) is 53.0 Å². The standard InChI is InChI=1S/C33H44FN15O23P4/c1-33(34)21(52)13(69-30(33)49-10-46(2)16-25(49)43-32(37)45-27(16)54)6-66-75(59,60)72-76(61,62)71-74(57,58)65-5-12-19(20(63-3)29(68-12)47-8-40-14-22(35)38-7-39-23(14)47)70-73(55,56)64-4-11-17(50)18(51)28(67-11)48-9-41-15-24(48)42-31(36)44-26(15)53/h7-13,17-21,28-30,50-52H,4-6H2,1-3H3,(H11-,35,36,37,38,39,42,43,44,45,53,54,55,56,57,58,59,60,61,62)/p+1. The first-order valence-electron chi connectivity index (χ1n) is 21.5. The molecule has 9 rings (SSSR count). The number of nitrogens with zero attached hydrogens (tertiary/aromatic N) is 10. The van der Waals surface area contributed by atoms with Crippen LogP contribution < -0.4 is 32.9 Å². The minimum Gasteiger partial charge on any atom is -0.387 e. The van der Waals surface area contributed by atoms with Gasteiger partial charge < -0.3 is 71.0 Å². The van der Waals surface area contributed by atoms with Crippen molar-refractivity contribution in [2.24, 2.45) is 7.05 Å². The molecule has 0 spiro atoms. The van der Waals surface area contributed by atoms with Crippen molar-refractivity contribution in [1.82, 2.24) is 53.6 Å². The molecule has 76 heavy (non-hydrogen) atoms. The molecule has 0 amide bonds. The van der Waals surface area contributed by atoms with Gasteiger partial charge in [-0.2, -0.15) is 23.2 Å². The number of nitrogens with one attached hydrogen (secondary N) is 2. The number of rotatable bonds is 19. The number of imidazole rings is 3. The fraction of sp³-hybridized carbons (Fsp3) is 0.545. The molecule has 0 bridgehead atoms. The fourth-order valence-electron chi connectivity index (χ4n) is 8.53. The van der Waals surface area contributed by atoms with E-state index in [1.165, 1.54) is 22.5 Å². The van der Waals surface area contributed by atoms with Crippen molar-refractivity contribution in [3.63, 3.8) is 0 Å². The van der Waals surface area contributed by atoms with Gasteiger partial charge in [-0.1, -0.05) is 0 Å². The average molecular weight is 1160 g/mol. The summed E-state index contributed by atoms with van der Waals surface area (Å²) in [5, 5.41) is 32.5. The van der Waals surface area contributed by atoms with E-state index in [1.54, 1.807) is 0 Å². The molecule has 9 heterocycles. The Morgan fingerprint density at radius 1 is 0.711 bits per heavy atom. The highest BCUT2D eigenvalue weighted by atomic mass is 31.3. The Hall–Kier alpha value is -5.18. The summed E-state index contributed by atoms with van der Waals surface area (Å²) in [5.41, 5.74) is 12.4. The second kappa shape index (κ2) is 20.2. The molecule has 3 aliphatic rings. The number of phosphoric acid groups is 4. The highest BCUT2D eigenvalue weighted by Gasteiger charge is 2.59. The average Bonchev–Trinajstić information content (AvgIpc) is 4.16. The number of alkyl halides is 1. The second-order valence-electron chi connectivity index (χ2n) is 17.0. The van der Waals surface area contributed by atoms with Crippen LogP contribution in [-0.2, 0) is 71.0 Å². The number of phosphoric ester groups is 3. The fourth-order valence-corrected chi connectivity index (χ4v) is 13.0. The molecule has 416 valence electrons. The van der Waals surface area contributed by atoms with Crippen LogP contribution in [0, 0.1) is 0 Å². The van der Waals surface area contributed by atoms with Gasteiger partial charge in [0.05, 0.1) is 39.5 Å². The van der Waals surface area contributed by atoms with Crippen molar-refractivity contribution in [2.45, 2.75) is 80.1 Å². The summed E-state index contributed by atoms with van der Waals surface area (Å²) in [6, 6.07) is 0. The number of aliphatic hydroxyl groups is 3. The summed E-state index contributed by atoms with van der Waals surface area (Å²) >= 11 is 0. The Morgan fingerprint density at radius 3 is 1.93 bits per heavy atom. The topological polar surface area (TPSA) is 542 Å². The van der Waals surface area contributed by atoms with Crippen LogP contribution in [0.2, 0.25) is 0 Å². The van der Waals surface area contributed by atoms with Crippen molar-refractivity contribution < 1.29 is 108 Å². The number of ether oxygens (including phenoxy) is 4. The zero-order chi connectivity index (χ0) is 55.2. The summed E-state index contributed by atoms with van der Waals surface area (Å²) in [6.45, 7) is -2.64. The van der Waals surface area contributed by atoms with Gasteiger partial charge in [-0.25, -0.2) is 47.2 Å². The summed E-state index contributed by atoms with van der Waals surface area (Å²) in [6.07, 6.45) is -14.9. The number of aromatic amines is 2. The number of methoxy groups -OCH3 is 1. The molecule has 6 aromatic heterocycles. The number of anilines is 3. The molecule has 0 saturated carbocycles. The lowest BCUT2D eigenvalue weighted by Crippen LogP contribution is -2.41. The second-order valence-corrected chi connectivity index (χ2v) is 23.1. The van der Waals surface area contributed by atoms with Crippen LogP contribution >= 0.6 is 31.3 Å². The first-order chi connectivity index (χ1) is 35.5. The van der Waals surface area contributed by atoms with E-state index in [9.17, 15) is 62.7 Å². The Balaban J connectivity index is 0.867. The van der Waals surface area contributed by atoms with Gasteiger partial charge in [0.15, 0.2) is 35.1 Å². The largest absolute Gasteiger partial charge is 0.490 e. The van der Waals surface area contributed by atoms with E-state index in [0.717, 1.165) is 42.1 Å². The Bertz CT molecular complexity index is 3530. The molecule has 0 radical (unpaired) electrons. The van der Waals surface area contributed by atoms with E-state index < -0.39 is 135 Å². The van der Waals surface area contributed by atoms with E-state index in [-0.39, 0.29) is 51.2 Å².